The van der Waals surface area contributed by atoms with Crippen LogP contribution >= 0.6 is 0 Å². The van der Waals surface area contributed by atoms with Crippen molar-refractivity contribution >= 4 is 5.78 Å². The second kappa shape index (κ2) is 4.19. The molecule has 1 nitrogen and oxygen atoms in total. The molecule has 0 spiro atoms. The lowest BCUT2D eigenvalue weighted by Gasteiger charge is -2.32. The van der Waals surface area contributed by atoms with Crippen LogP contribution in [0.2, 0.25) is 0 Å². The van der Waals surface area contributed by atoms with Gasteiger partial charge in [0.1, 0.15) is 0 Å². The van der Waals surface area contributed by atoms with Crippen molar-refractivity contribution in [2.24, 2.45) is 5.92 Å². The van der Waals surface area contributed by atoms with Crippen molar-refractivity contribution in [2.45, 2.75) is 65.7 Å². The van der Waals surface area contributed by atoms with E-state index >= 15 is 0 Å². The molecule has 0 heterocycles. The fourth-order valence-electron chi connectivity index (χ4n) is 3.70. The molecule has 0 saturated heterocycles. The molecule has 0 amide bonds. The summed E-state index contributed by atoms with van der Waals surface area (Å²) in [4.78, 5) is 11.9. The summed E-state index contributed by atoms with van der Waals surface area (Å²) in [6, 6.07) is 4.46. The monoisotopic (exact) mass is 258 g/mol. The molecule has 0 unspecified atom stereocenters. The van der Waals surface area contributed by atoms with Crippen LogP contribution in [0.15, 0.2) is 12.1 Å². The minimum atomic E-state index is 0.134. The largest absolute Gasteiger partial charge is 0.295 e. The van der Waals surface area contributed by atoms with Crippen molar-refractivity contribution in [3.63, 3.8) is 0 Å². The van der Waals surface area contributed by atoms with E-state index in [9.17, 15) is 4.79 Å². The summed E-state index contributed by atoms with van der Waals surface area (Å²) in [6.45, 7) is 15.4. The van der Waals surface area contributed by atoms with E-state index in [4.69, 9.17) is 0 Å². The van der Waals surface area contributed by atoms with Crippen molar-refractivity contribution in [3.05, 3.63) is 34.4 Å². The highest BCUT2D eigenvalue weighted by atomic mass is 16.1. The molecule has 2 rings (SSSR count). The molecule has 0 bridgehead atoms. The molecule has 1 heteroatoms. The highest BCUT2D eigenvalue weighted by Crippen LogP contribution is 2.54. The smallest absolute Gasteiger partial charge is 0.160 e. The second-order valence-corrected chi connectivity index (χ2v) is 7.13. The van der Waals surface area contributed by atoms with Crippen LogP contribution < -0.4 is 0 Å². The summed E-state index contributed by atoms with van der Waals surface area (Å²) < 4.78 is 0. The van der Waals surface area contributed by atoms with Crippen molar-refractivity contribution in [3.8, 4) is 0 Å². The first-order valence-corrected chi connectivity index (χ1v) is 7.32. The van der Waals surface area contributed by atoms with Gasteiger partial charge in [0.15, 0.2) is 5.78 Å². The minimum Gasteiger partial charge on any atom is -0.295 e. The maximum absolute atomic E-state index is 11.9. The molecule has 1 atom stereocenters. The van der Waals surface area contributed by atoms with Gasteiger partial charge >= 0.3 is 0 Å². The number of aryl methyl sites for hydroxylation is 1. The molecular weight excluding hydrogens is 232 g/mol. The number of hydrogen-bond donors (Lipinski definition) is 0. The van der Waals surface area contributed by atoms with Gasteiger partial charge in [-0.25, -0.2) is 0 Å². The van der Waals surface area contributed by atoms with Crippen LogP contribution in [0.25, 0.3) is 0 Å². The zero-order valence-electron chi connectivity index (χ0n) is 13.3. The van der Waals surface area contributed by atoms with E-state index in [0.717, 1.165) is 12.0 Å². The summed E-state index contributed by atoms with van der Waals surface area (Å²) in [5.74, 6) is 0.759. The number of rotatable bonds is 2. The van der Waals surface area contributed by atoms with Gasteiger partial charge in [0.2, 0.25) is 0 Å². The van der Waals surface area contributed by atoms with Crippen LogP contribution in [0.1, 0.15) is 75.5 Å². The summed E-state index contributed by atoms with van der Waals surface area (Å²) >= 11 is 0. The highest BCUT2D eigenvalue weighted by Gasteiger charge is 2.48. The molecule has 0 aromatic heterocycles. The van der Waals surface area contributed by atoms with Gasteiger partial charge in [-0.1, -0.05) is 47.6 Å². The van der Waals surface area contributed by atoms with E-state index in [2.05, 4.69) is 53.7 Å². The number of Topliss-reactive ketones (excluding diaryl/α,β-unsaturated/α-hetero) is 1. The van der Waals surface area contributed by atoms with Gasteiger partial charge in [-0.05, 0) is 52.8 Å². The van der Waals surface area contributed by atoms with Crippen LogP contribution in [0.4, 0.5) is 0 Å². The van der Waals surface area contributed by atoms with Crippen molar-refractivity contribution < 1.29 is 4.79 Å². The first-order valence-electron chi connectivity index (χ1n) is 7.32. The topological polar surface area (TPSA) is 17.1 Å². The average Bonchev–Trinajstić information content (AvgIpc) is 2.47. The Labute approximate surface area is 117 Å². The standard InChI is InChI=1S/C18H26O/c1-8-13-9-15-16(10-14(13)11(2)19)18(6,7)12(3)17(15,4)5/h9-10,12H,8H2,1-7H3/t12-/m1/s1. The maximum atomic E-state index is 11.9. The SMILES string of the molecule is CCc1cc2c(cc1C(C)=O)C(C)(C)[C@H](C)C2(C)C. The molecule has 0 fully saturated rings. The Balaban J connectivity index is 2.77. The van der Waals surface area contributed by atoms with Gasteiger partial charge in [-0.15, -0.1) is 0 Å². The van der Waals surface area contributed by atoms with Crippen LogP contribution in [-0.4, -0.2) is 5.78 Å². The van der Waals surface area contributed by atoms with Crippen LogP contribution in [-0.2, 0) is 17.3 Å². The van der Waals surface area contributed by atoms with Crippen LogP contribution in [0, 0.1) is 5.92 Å². The first kappa shape index (κ1) is 14.3. The number of carbonyl (C=O) groups excluding carboxylic acids is 1. The lowest BCUT2D eigenvalue weighted by Crippen LogP contribution is -2.30. The Kier molecular flexibility index (Phi) is 3.16. The summed E-state index contributed by atoms with van der Waals surface area (Å²) in [5, 5.41) is 0. The lowest BCUT2D eigenvalue weighted by atomic mass is 9.71. The number of fused-ring (bicyclic) bond motifs is 1. The maximum Gasteiger partial charge on any atom is 0.160 e. The zero-order chi connectivity index (χ0) is 14.6. The molecule has 1 aromatic carbocycles. The van der Waals surface area contributed by atoms with E-state index in [1.807, 2.05) is 0 Å². The molecule has 1 aliphatic carbocycles. The number of benzene rings is 1. The molecule has 0 radical (unpaired) electrons. The third-order valence-electron chi connectivity index (χ3n) is 5.56. The van der Waals surface area contributed by atoms with Gasteiger partial charge < -0.3 is 0 Å². The van der Waals surface area contributed by atoms with Gasteiger partial charge in [-0.2, -0.15) is 0 Å². The van der Waals surface area contributed by atoms with E-state index in [1.165, 1.54) is 16.7 Å². The summed E-state index contributed by atoms with van der Waals surface area (Å²) in [7, 11) is 0. The third-order valence-corrected chi connectivity index (χ3v) is 5.56. The van der Waals surface area contributed by atoms with Crippen molar-refractivity contribution in [2.75, 3.05) is 0 Å². The Morgan fingerprint density at radius 1 is 1.11 bits per heavy atom. The predicted molar refractivity (Wildman–Crippen MR) is 81.0 cm³/mol. The van der Waals surface area contributed by atoms with E-state index in [-0.39, 0.29) is 16.6 Å². The van der Waals surface area contributed by atoms with Crippen molar-refractivity contribution in [1.29, 1.82) is 0 Å². The van der Waals surface area contributed by atoms with Crippen LogP contribution in [0.5, 0.6) is 0 Å². The van der Waals surface area contributed by atoms with Gasteiger partial charge in [0, 0.05) is 5.56 Å². The fourth-order valence-corrected chi connectivity index (χ4v) is 3.70. The Bertz CT molecular complexity index is 535. The van der Waals surface area contributed by atoms with E-state index < -0.39 is 0 Å². The third kappa shape index (κ3) is 1.86. The fraction of sp³-hybridized carbons (Fsp3) is 0.611. The molecule has 1 aliphatic rings. The molecule has 104 valence electrons. The minimum absolute atomic E-state index is 0.134. The molecule has 0 N–H and O–H groups in total. The summed E-state index contributed by atoms with van der Waals surface area (Å²) in [6.07, 6.45) is 0.924. The molecule has 19 heavy (non-hydrogen) atoms. The van der Waals surface area contributed by atoms with Gasteiger partial charge in [0.05, 0.1) is 0 Å². The quantitative estimate of drug-likeness (QED) is 0.705. The first-order chi connectivity index (χ1) is 8.64. The number of ketones is 1. The average molecular weight is 258 g/mol. The second-order valence-electron chi connectivity index (χ2n) is 7.13. The molecule has 0 saturated carbocycles. The number of carbonyl (C=O) groups is 1. The summed E-state index contributed by atoms with van der Waals surface area (Å²) in [5.41, 5.74) is 5.23. The van der Waals surface area contributed by atoms with E-state index in [0.29, 0.717) is 5.92 Å². The molecule has 1 aromatic rings. The highest BCUT2D eigenvalue weighted by molar-refractivity contribution is 5.96. The predicted octanol–water partition coefficient (Wildman–Crippen LogP) is 4.66. The molecular formula is C18H26O. The Morgan fingerprint density at radius 2 is 1.58 bits per heavy atom. The van der Waals surface area contributed by atoms with Gasteiger partial charge in [0.25, 0.3) is 0 Å². The zero-order valence-corrected chi connectivity index (χ0v) is 13.3. The Morgan fingerprint density at radius 3 is 2.00 bits per heavy atom. The number of hydrogen-bond acceptors (Lipinski definition) is 1. The van der Waals surface area contributed by atoms with Crippen molar-refractivity contribution in [1.82, 2.24) is 0 Å². The lowest BCUT2D eigenvalue weighted by molar-refractivity contribution is 0.101. The van der Waals surface area contributed by atoms with E-state index in [1.54, 1.807) is 6.92 Å². The Hall–Kier alpha value is -1.11. The molecule has 0 aliphatic heterocycles. The normalized spacial score (nSPS) is 23.2. The van der Waals surface area contributed by atoms with Crippen LogP contribution in [0.3, 0.4) is 0 Å². The van der Waals surface area contributed by atoms with Gasteiger partial charge in [-0.3, -0.25) is 4.79 Å².